The smallest absolute Gasteiger partial charge is 0.348 e. The first-order valence-corrected chi connectivity index (χ1v) is 10.2. The van der Waals surface area contributed by atoms with E-state index in [9.17, 15) is 26.8 Å². The molecule has 0 bridgehead atoms. The molecule has 2 aromatic rings. The number of sulfonamides is 1. The highest BCUT2D eigenvalue weighted by Crippen LogP contribution is 2.40. The molecule has 1 atom stereocenters. The van der Waals surface area contributed by atoms with Gasteiger partial charge in [-0.3, -0.25) is 4.79 Å². The molecule has 3 rings (SSSR count). The molecule has 0 aliphatic carbocycles. The molecule has 1 aliphatic heterocycles. The predicted octanol–water partition coefficient (Wildman–Crippen LogP) is 1.20. The van der Waals surface area contributed by atoms with Crippen molar-refractivity contribution in [2.24, 2.45) is 0 Å². The van der Waals surface area contributed by atoms with Gasteiger partial charge in [-0.25, -0.2) is 26.8 Å². The highest BCUT2D eigenvalue weighted by molar-refractivity contribution is 7.91. The van der Waals surface area contributed by atoms with Crippen LogP contribution in [0.2, 0.25) is 0 Å². The zero-order valence-corrected chi connectivity index (χ0v) is 15.5. The number of halogens is 2. The Kier molecular flexibility index (Phi) is 4.85. The summed E-state index contributed by atoms with van der Waals surface area (Å²) in [5.41, 5.74) is -2.09. The van der Waals surface area contributed by atoms with Crippen molar-refractivity contribution < 1.29 is 21.9 Å². The van der Waals surface area contributed by atoms with Gasteiger partial charge in [0.25, 0.3) is 11.5 Å². The minimum absolute atomic E-state index is 0.0664. The van der Waals surface area contributed by atoms with E-state index in [1.807, 2.05) is 4.83 Å². The summed E-state index contributed by atoms with van der Waals surface area (Å²) in [5.74, 6) is -3.47. The van der Waals surface area contributed by atoms with Crippen molar-refractivity contribution in [3.63, 3.8) is 0 Å². The van der Waals surface area contributed by atoms with Crippen LogP contribution in [0.5, 0.6) is 0 Å². The molecule has 148 valence electrons. The van der Waals surface area contributed by atoms with Gasteiger partial charge >= 0.3 is 5.69 Å². The Balaban J connectivity index is 2.32. The minimum atomic E-state index is -3.90. The lowest BCUT2D eigenvalue weighted by atomic mass is 9.88. The Morgan fingerprint density at radius 1 is 1.37 bits per heavy atom. The molecule has 0 amide bonds. The second kappa shape index (κ2) is 6.71. The first-order chi connectivity index (χ1) is 12.5. The first kappa shape index (κ1) is 19.5. The number of hydrogen-bond donors (Lipinski definition) is 2. The number of benzene rings is 1. The normalized spacial score (nSPS) is 18.1. The Morgan fingerprint density at radius 2 is 2.07 bits per heavy atom. The summed E-state index contributed by atoms with van der Waals surface area (Å²) < 4.78 is 57.4. The molecule has 2 N–H and O–H groups in total. The van der Waals surface area contributed by atoms with Gasteiger partial charge in [0.1, 0.15) is 0 Å². The fraction of sp³-hybridized carbons (Fsp3) is 0.500. The van der Waals surface area contributed by atoms with Crippen LogP contribution in [0, 0.1) is 0 Å². The quantitative estimate of drug-likeness (QED) is 0.780. The lowest BCUT2D eigenvalue weighted by Crippen LogP contribution is -2.43. The number of nitrogens with one attached hydrogen (secondary N) is 2. The van der Waals surface area contributed by atoms with Gasteiger partial charge in [-0.15, -0.1) is 0 Å². The second-order valence-corrected chi connectivity index (χ2v) is 8.26. The standard InChI is InChI=1S/C16H19F2N3O5S/c1-3-16(17,18)12-7-13-11(6-10(12)9-4-5-26-8-9)14(22)21(15(23)19-13)20-27(2,24)25/h6-7,9,20H,3-5,8H2,1-2H3,(H,19,23). The van der Waals surface area contributed by atoms with E-state index >= 15 is 0 Å². The summed E-state index contributed by atoms with van der Waals surface area (Å²) in [6.45, 7) is 2.01. The molecule has 1 aliphatic rings. The third kappa shape index (κ3) is 3.74. The molecule has 11 heteroatoms. The van der Waals surface area contributed by atoms with Crippen LogP contribution in [-0.4, -0.2) is 37.5 Å². The Hall–Kier alpha value is -2.27. The van der Waals surface area contributed by atoms with E-state index in [0.717, 1.165) is 12.3 Å². The van der Waals surface area contributed by atoms with Gasteiger partial charge < -0.3 is 9.72 Å². The number of rotatable bonds is 5. The number of ether oxygens (including phenoxy) is 1. The minimum Gasteiger partial charge on any atom is -0.381 e. The van der Waals surface area contributed by atoms with Crippen molar-refractivity contribution in [3.05, 3.63) is 44.1 Å². The summed E-state index contributed by atoms with van der Waals surface area (Å²) in [6.07, 6.45) is 0.864. The summed E-state index contributed by atoms with van der Waals surface area (Å²) in [4.78, 5) is 28.8. The topological polar surface area (TPSA) is 110 Å². The number of hydrogen-bond acceptors (Lipinski definition) is 5. The maximum atomic E-state index is 14.5. The van der Waals surface area contributed by atoms with E-state index in [1.54, 1.807) is 0 Å². The molecule has 1 aromatic heterocycles. The number of alkyl halides is 2. The molecule has 8 nitrogen and oxygen atoms in total. The van der Waals surface area contributed by atoms with Gasteiger partial charge in [0.15, 0.2) is 0 Å². The van der Waals surface area contributed by atoms with Crippen molar-refractivity contribution in [2.45, 2.75) is 31.6 Å². The Bertz CT molecular complexity index is 1100. The number of aromatic nitrogens is 2. The van der Waals surface area contributed by atoms with Crippen LogP contribution in [0.1, 0.15) is 36.8 Å². The molecule has 1 aromatic carbocycles. The van der Waals surface area contributed by atoms with E-state index in [0.29, 0.717) is 17.7 Å². The zero-order valence-electron chi connectivity index (χ0n) is 14.7. The average Bonchev–Trinajstić information content (AvgIpc) is 3.11. The van der Waals surface area contributed by atoms with Crippen LogP contribution in [0.4, 0.5) is 8.78 Å². The number of aromatic amines is 1. The summed E-state index contributed by atoms with van der Waals surface area (Å²) >= 11 is 0. The first-order valence-electron chi connectivity index (χ1n) is 8.30. The van der Waals surface area contributed by atoms with Crippen molar-refractivity contribution >= 4 is 20.9 Å². The lowest BCUT2D eigenvalue weighted by molar-refractivity contribution is -0.00939. The van der Waals surface area contributed by atoms with Crippen LogP contribution < -0.4 is 16.1 Å². The molecule has 0 radical (unpaired) electrons. The monoisotopic (exact) mass is 403 g/mol. The number of fused-ring (bicyclic) bond motifs is 1. The van der Waals surface area contributed by atoms with Crippen molar-refractivity contribution in [1.29, 1.82) is 0 Å². The summed E-state index contributed by atoms with van der Waals surface area (Å²) in [5, 5.41) is -0.0664. The molecule has 0 spiro atoms. The van der Waals surface area contributed by atoms with E-state index in [1.165, 1.54) is 13.0 Å². The summed E-state index contributed by atoms with van der Waals surface area (Å²) in [6, 6.07) is 2.40. The molecule has 27 heavy (non-hydrogen) atoms. The predicted molar refractivity (Wildman–Crippen MR) is 95.4 cm³/mol. The van der Waals surface area contributed by atoms with Crippen molar-refractivity contribution in [2.75, 3.05) is 24.3 Å². The lowest BCUT2D eigenvalue weighted by Gasteiger charge is -2.22. The van der Waals surface area contributed by atoms with E-state index in [-0.39, 0.29) is 34.6 Å². The second-order valence-electron chi connectivity index (χ2n) is 6.54. The third-order valence-electron chi connectivity index (χ3n) is 4.53. The van der Waals surface area contributed by atoms with Gasteiger partial charge in [-0.1, -0.05) is 6.92 Å². The van der Waals surface area contributed by atoms with E-state index in [2.05, 4.69) is 4.98 Å². The van der Waals surface area contributed by atoms with Crippen molar-refractivity contribution in [3.8, 4) is 0 Å². The fourth-order valence-electron chi connectivity index (χ4n) is 3.15. The SMILES string of the molecule is CCC(F)(F)c1cc2[nH]c(=O)n(NS(C)(=O)=O)c(=O)c2cc1C1CCOC1. The molecule has 1 saturated heterocycles. The molecule has 1 fully saturated rings. The highest BCUT2D eigenvalue weighted by Gasteiger charge is 2.35. The molecule has 0 saturated carbocycles. The maximum Gasteiger partial charge on any atom is 0.348 e. The van der Waals surface area contributed by atoms with Crippen molar-refractivity contribution in [1.82, 2.24) is 9.66 Å². The zero-order chi connectivity index (χ0) is 20.0. The van der Waals surface area contributed by atoms with Gasteiger partial charge in [-0.2, -0.15) is 4.68 Å². The number of nitrogens with zero attached hydrogens (tertiary/aromatic N) is 1. The average molecular weight is 403 g/mol. The van der Waals surface area contributed by atoms with Crippen LogP contribution in [0.25, 0.3) is 10.9 Å². The van der Waals surface area contributed by atoms with Crippen LogP contribution >= 0.6 is 0 Å². The fourth-order valence-corrected chi connectivity index (χ4v) is 3.65. The third-order valence-corrected chi connectivity index (χ3v) is 5.05. The van der Waals surface area contributed by atoms with Crippen LogP contribution in [0.15, 0.2) is 21.7 Å². The maximum absolute atomic E-state index is 14.5. The molecule has 2 heterocycles. The van der Waals surface area contributed by atoms with E-state index < -0.39 is 33.6 Å². The summed E-state index contributed by atoms with van der Waals surface area (Å²) in [7, 11) is -3.90. The van der Waals surface area contributed by atoms with Gasteiger partial charge in [-0.05, 0) is 24.1 Å². The molecular weight excluding hydrogens is 384 g/mol. The number of H-pyrrole nitrogens is 1. The highest BCUT2D eigenvalue weighted by atomic mass is 32.2. The molecule has 1 unspecified atom stereocenters. The molecular formula is C16H19F2N3O5S. The Labute approximate surface area is 153 Å². The van der Waals surface area contributed by atoms with Crippen LogP contribution in [-0.2, 0) is 20.7 Å². The van der Waals surface area contributed by atoms with Crippen LogP contribution in [0.3, 0.4) is 0 Å². The van der Waals surface area contributed by atoms with E-state index in [4.69, 9.17) is 4.74 Å². The van der Waals surface area contributed by atoms with Gasteiger partial charge in [0.05, 0.1) is 23.8 Å². The van der Waals surface area contributed by atoms with Gasteiger partial charge in [0, 0.05) is 24.5 Å². The Morgan fingerprint density at radius 3 is 2.63 bits per heavy atom. The van der Waals surface area contributed by atoms with Gasteiger partial charge in [0.2, 0.25) is 10.0 Å². The largest absolute Gasteiger partial charge is 0.381 e.